The van der Waals surface area contributed by atoms with Crippen molar-refractivity contribution in [2.75, 3.05) is 19.0 Å². The van der Waals surface area contributed by atoms with Gasteiger partial charge in [-0.1, -0.05) is 12.8 Å². The van der Waals surface area contributed by atoms with Gasteiger partial charge in [0.05, 0.1) is 26.1 Å². The fourth-order valence-corrected chi connectivity index (χ4v) is 4.69. The highest BCUT2D eigenvalue weighted by molar-refractivity contribution is 5.94. The zero-order valence-corrected chi connectivity index (χ0v) is 18.8. The van der Waals surface area contributed by atoms with E-state index in [1.165, 1.54) is 25.5 Å². The summed E-state index contributed by atoms with van der Waals surface area (Å²) in [5, 5.41) is 27.2. The van der Waals surface area contributed by atoms with E-state index >= 15 is 0 Å². The van der Waals surface area contributed by atoms with E-state index in [1.807, 2.05) is 0 Å². The van der Waals surface area contributed by atoms with E-state index in [0.717, 1.165) is 12.8 Å². The summed E-state index contributed by atoms with van der Waals surface area (Å²) in [5.41, 5.74) is 1.48. The standard InChI is InChI=1S/C23H28N6O5/c1-33-15-8-6-13(7-9-15)22(32)28-17-16(10-30)34-23(19(17)31)29-12-26-18-20(24-11-25-21(18)29)27-14-4-2-3-5-14/h6-9,11-12,14,16-17,19,23,30-31H,2-5,10H2,1H3,(H,28,32)(H,24,25,27)/t16-,17+,19-,23-/m1/s1. The number of aliphatic hydroxyl groups is 2. The monoisotopic (exact) mass is 468 g/mol. The highest BCUT2D eigenvalue weighted by Crippen LogP contribution is 2.33. The van der Waals surface area contributed by atoms with Crippen molar-refractivity contribution in [2.24, 2.45) is 0 Å². The Bertz CT molecular complexity index is 1150. The molecule has 2 fully saturated rings. The summed E-state index contributed by atoms with van der Waals surface area (Å²) < 4.78 is 12.7. The summed E-state index contributed by atoms with van der Waals surface area (Å²) in [4.78, 5) is 25.9. The van der Waals surface area contributed by atoms with Crippen molar-refractivity contribution in [3.05, 3.63) is 42.5 Å². The normalized spacial score (nSPS) is 25.0. The highest BCUT2D eigenvalue weighted by atomic mass is 16.5. The quantitative estimate of drug-likeness (QED) is 0.402. The number of amides is 1. The van der Waals surface area contributed by atoms with Crippen LogP contribution in [0.4, 0.5) is 5.82 Å². The van der Waals surface area contributed by atoms with Crippen LogP contribution in [-0.2, 0) is 4.74 Å². The molecule has 3 aromatic rings. The lowest BCUT2D eigenvalue weighted by atomic mass is 10.1. The van der Waals surface area contributed by atoms with Crippen LogP contribution in [0, 0.1) is 0 Å². The maximum absolute atomic E-state index is 12.8. The van der Waals surface area contributed by atoms with Gasteiger partial charge in [-0.3, -0.25) is 9.36 Å². The fourth-order valence-electron chi connectivity index (χ4n) is 4.69. The number of nitrogens with one attached hydrogen (secondary N) is 2. The molecule has 180 valence electrons. The van der Waals surface area contributed by atoms with Crippen molar-refractivity contribution in [3.8, 4) is 5.75 Å². The lowest BCUT2D eigenvalue weighted by Crippen LogP contribution is -2.48. The number of imidazole rings is 1. The molecule has 1 saturated carbocycles. The lowest BCUT2D eigenvalue weighted by molar-refractivity contribution is -0.0489. The van der Waals surface area contributed by atoms with Gasteiger partial charge in [-0.25, -0.2) is 15.0 Å². The zero-order chi connectivity index (χ0) is 23.7. The van der Waals surface area contributed by atoms with E-state index in [1.54, 1.807) is 35.9 Å². The van der Waals surface area contributed by atoms with Gasteiger partial charge in [0, 0.05) is 11.6 Å². The van der Waals surface area contributed by atoms with Crippen LogP contribution < -0.4 is 15.4 Å². The van der Waals surface area contributed by atoms with Crippen LogP contribution in [0.2, 0.25) is 0 Å². The molecule has 3 heterocycles. The molecule has 0 unspecified atom stereocenters. The van der Waals surface area contributed by atoms with Gasteiger partial charge in [0.25, 0.3) is 5.91 Å². The molecular weight excluding hydrogens is 440 g/mol. The van der Waals surface area contributed by atoms with Crippen LogP contribution in [0.15, 0.2) is 36.9 Å². The summed E-state index contributed by atoms with van der Waals surface area (Å²) >= 11 is 0. The third-order valence-corrected chi connectivity index (χ3v) is 6.53. The van der Waals surface area contributed by atoms with Crippen LogP contribution in [0.3, 0.4) is 0 Å². The summed E-state index contributed by atoms with van der Waals surface area (Å²) in [7, 11) is 1.55. The Labute approximate surface area is 196 Å². The first-order valence-corrected chi connectivity index (χ1v) is 11.4. The van der Waals surface area contributed by atoms with Crippen molar-refractivity contribution in [3.63, 3.8) is 0 Å². The summed E-state index contributed by atoms with van der Waals surface area (Å²) in [5.74, 6) is 0.881. The number of aliphatic hydroxyl groups excluding tert-OH is 2. The Balaban J connectivity index is 1.36. The predicted octanol–water partition coefficient (Wildman–Crippen LogP) is 1.24. The second-order valence-corrected chi connectivity index (χ2v) is 8.64. The molecule has 2 aromatic heterocycles. The van der Waals surface area contributed by atoms with Crippen molar-refractivity contribution in [2.45, 2.75) is 56.2 Å². The molecule has 0 spiro atoms. The van der Waals surface area contributed by atoms with Gasteiger partial charge in [-0.15, -0.1) is 0 Å². The highest BCUT2D eigenvalue weighted by Gasteiger charge is 2.45. The maximum Gasteiger partial charge on any atom is 0.251 e. The molecule has 1 amide bonds. The lowest BCUT2D eigenvalue weighted by Gasteiger charge is -2.21. The molecule has 11 nitrogen and oxygen atoms in total. The molecule has 1 aliphatic heterocycles. The van der Waals surface area contributed by atoms with Crippen molar-refractivity contribution >= 4 is 22.9 Å². The van der Waals surface area contributed by atoms with Gasteiger partial charge in [0.15, 0.2) is 23.2 Å². The number of rotatable bonds is 7. The average Bonchev–Trinajstić information content (AvgIpc) is 3.60. The van der Waals surface area contributed by atoms with E-state index in [-0.39, 0.29) is 6.61 Å². The number of methoxy groups -OCH3 is 1. The molecule has 1 saturated heterocycles. The van der Waals surface area contributed by atoms with Gasteiger partial charge in [0.2, 0.25) is 0 Å². The van der Waals surface area contributed by atoms with Gasteiger partial charge in [0.1, 0.15) is 24.3 Å². The predicted molar refractivity (Wildman–Crippen MR) is 122 cm³/mol. The molecule has 5 rings (SSSR count). The van der Waals surface area contributed by atoms with Crippen molar-refractivity contribution in [1.29, 1.82) is 0 Å². The Morgan fingerprint density at radius 3 is 2.68 bits per heavy atom. The minimum Gasteiger partial charge on any atom is -0.497 e. The Morgan fingerprint density at radius 2 is 1.97 bits per heavy atom. The third-order valence-electron chi connectivity index (χ3n) is 6.53. The second-order valence-electron chi connectivity index (χ2n) is 8.64. The molecule has 2 aliphatic rings. The van der Waals surface area contributed by atoms with Gasteiger partial charge < -0.3 is 30.3 Å². The molecule has 1 aromatic carbocycles. The van der Waals surface area contributed by atoms with Crippen molar-refractivity contribution < 1.29 is 24.5 Å². The van der Waals surface area contributed by atoms with E-state index in [9.17, 15) is 15.0 Å². The molecular formula is C23H28N6O5. The molecule has 0 radical (unpaired) electrons. The van der Waals surface area contributed by atoms with Crippen molar-refractivity contribution in [1.82, 2.24) is 24.8 Å². The van der Waals surface area contributed by atoms with Gasteiger partial charge in [-0.05, 0) is 37.1 Å². The van der Waals surface area contributed by atoms with E-state index in [4.69, 9.17) is 9.47 Å². The first kappa shape index (κ1) is 22.5. The topological polar surface area (TPSA) is 144 Å². The number of anilines is 1. The Hall–Kier alpha value is -3.28. The number of ether oxygens (including phenoxy) is 2. The Kier molecular flexibility index (Phi) is 6.31. The smallest absolute Gasteiger partial charge is 0.251 e. The van der Waals surface area contributed by atoms with Crippen LogP contribution in [-0.4, -0.2) is 73.6 Å². The van der Waals surface area contributed by atoms with Gasteiger partial charge >= 0.3 is 0 Å². The van der Waals surface area contributed by atoms with Crippen LogP contribution in [0.5, 0.6) is 5.75 Å². The molecule has 1 aliphatic carbocycles. The second kappa shape index (κ2) is 9.53. The molecule has 11 heteroatoms. The molecule has 0 bridgehead atoms. The summed E-state index contributed by atoms with van der Waals surface area (Å²) in [6, 6.07) is 6.13. The number of hydrogen-bond donors (Lipinski definition) is 4. The minimum absolute atomic E-state index is 0.355. The number of carbonyl (C=O) groups is 1. The Morgan fingerprint density at radius 1 is 1.21 bits per heavy atom. The van der Waals surface area contributed by atoms with Crippen LogP contribution in [0.25, 0.3) is 11.2 Å². The van der Waals surface area contributed by atoms with Crippen LogP contribution in [0.1, 0.15) is 42.3 Å². The number of fused-ring (bicyclic) bond motifs is 1. The summed E-state index contributed by atoms with van der Waals surface area (Å²) in [6.45, 7) is -0.378. The average molecular weight is 469 g/mol. The van der Waals surface area contributed by atoms with E-state index in [2.05, 4.69) is 25.6 Å². The summed E-state index contributed by atoms with van der Waals surface area (Å²) in [6.07, 6.45) is 4.70. The van der Waals surface area contributed by atoms with E-state index < -0.39 is 30.4 Å². The SMILES string of the molecule is COc1ccc(C(=O)N[C@@H]2[C@@H](O)[C@H](n3cnc4c(NC5CCCC5)ncnc43)O[C@@H]2CO)cc1. The van der Waals surface area contributed by atoms with Crippen LogP contribution >= 0.6 is 0 Å². The number of carbonyl (C=O) groups excluding carboxylic acids is 1. The number of nitrogens with zero attached hydrogens (tertiary/aromatic N) is 4. The largest absolute Gasteiger partial charge is 0.497 e. The zero-order valence-electron chi connectivity index (χ0n) is 18.8. The number of benzene rings is 1. The van der Waals surface area contributed by atoms with Gasteiger partial charge in [-0.2, -0.15) is 0 Å². The van der Waals surface area contributed by atoms with E-state index in [0.29, 0.717) is 34.3 Å². The number of aromatic nitrogens is 4. The maximum atomic E-state index is 12.8. The third kappa shape index (κ3) is 4.17. The number of hydrogen-bond acceptors (Lipinski definition) is 9. The minimum atomic E-state index is -1.14. The first-order valence-electron chi connectivity index (χ1n) is 11.4. The fraction of sp³-hybridized carbons (Fsp3) is 0.478. The molecule has 4 N–H and O–H groups in total. The molecule has 4 atom stereocenters. The first-order chi connectivity index (χ1) is 16.6. The molecule has 34 heavy (non-hydrogen) atoms.